The molecule has 2 atom stereocenters. The van der Waals surface area contributed by atoms with Gasteiger partial charge in [0.1, 0.15) is 12.7 Å². The summed E-state index contributed by atoms with van der Waals surface area (Å²) in [6.45, 7) is 3.79. The van der Waals surface area contributed by atoms with Gasteiger partial charge in [-0.15, -0.1) is 0 Å². The Hall–Kier alpha value is -2.57. The van der Waals surface area contributed by atoms with Gasteiger partial charge in [0.05, 0.1) is 19.8 Å². The van der Waals surface area contributed by atoms with Crippen molar-refractivity contribution in [2.75, 3.05) is 33.9 Å². The minimum atomic E-state index is -0.635. The number of rotatable bonds is 8. The Morgan fingerprint density at radius 2 is 2.00 bits per heavy atom. The number of likely N-dealkylation sites (tertiary alicyclic amines) is 1. The van der Waals surface area contributed by atoms with Crippen molar-refractivity contribution in [1.82, 2.24) is 4.90 Å². The highest BCUT2D eigenvalue weighted by Gasteiger charge is 2.28. The molecular formula is C23H29NO5. The summed E-state index contributed by atoms with van der Waals surface area (Å²) < 4.78 is 15.8. The molecule has 1 N–H and O–H groups in total. The zero-order chi connectivity index (χ0) is 20.8. The number of methoxy groups -OCH3 is 2. The lowest BCUT2D eigenvalue weighted by atomic mass is 9.99. The maximum Gasteiger partial charge on any atom is 0.337 e. The summed E-state index contributed by atoms with van der Waals surface area (Å²) in [5.41, 5.74) is 3.00. The van der Waals surface area contributed by atoms with Crippen LogP contribution in [0.3, 0.4) is 0 Å². The van der Waals surface area contributed by atoms with Crippen LogP contribution in [0.15, 0.2) is 42.5 Å². The maximum atomic E-state index is 11.7. The summed E-state index contributed by atoms with van der Waals surface area (Å²) in [6, 6.07) is 13.6. The first-order chi connectivity index (χ1) is 14.0. The standard InChI is InChI=1S/C23H29NO5/c1-16-7-4-5-8-19(16)20-9-6-12-24(20)14-18(25)15-29-21-11-10-17(23(26)28-3)13-22(21)27-2/h4-5,7-8,10-11,13,18,20,25H,6,9,12,14-15H2,1-3H3. The first-order valence-electron chi connectivity index (χ1n) is 9.90. The lowest BCUT2D eigenvalue weighted by molar-refractivity contribution is 0.0595. The number of hydrogen-bond donors (Lipinski definition) is 1. The molecule has 0 aromatic heterocycles. The lowest BCUT2D eigenvalue weighted by Gasteiger charge is -2.28. The van der Waals surface area contributed by atoms with Gasteiger partial charge in [-0.25, -0.2) is 4.79 Å². The second-order valence-corrected chi connectivity index (χ2v) is 7.33. The highest BCUT2D eigenvalue weighted by Crippen LogP contribution is 2.34. The molecule has 1 fully saturated rings. The lowest BCUT2D eigenvalue weighted by Crippen LogP contribution is -2.35. The molecule has 6 heteroatoms. The summed E-state index contributed by atoms with van der Waals surface area (Å²) >= 11 is 0. The first kappa shape index (κ1) is 21.1. The number of ether oxygens (including phenoxy) is 3. The van der Waals surface area contributed by atoms with Crippen molar-refractivity contribution in [2.24, 2.45) is 0 Å². The monoisotopic (exact) mass is 399 g/mol. The van der Waals surface area contributed by atoms with Crippen LogP contribution in [0.25, 0.3) is 0 Å². The molecular weight excluding hydrogens is 370 g/mol. The van der Waals surface area contributed by atoms with E-state index in [4.69, 9.17) is 14.2 Å². The summed E-state index contributed by atoms with van der Waals surface area (Å²) in [6.07, 6.45) is 1.58. The molecule has 6 nitrogen and oxygen atoms in total. The van der Waals surface area contributed by atoms with Gasteiger partial charge in [0.25, 0.3) is 0 Å². The van der Waals surface area contributed by atoms with E-state index in [1.54, 1.807) is 18.2 Å². The van der Waals surface area contributed by atoms with Crippen molar-refractivity contribution in [3.05, 3.63) is 59.2 Å². The molecule has 2 aromatic rings. The van der Waals surface area contributed by atoms with E-state index in [9.17, 15) is 9.90 Å². The highest BCUT2D eigenvalue weighted by molar-refractivity contribution is 5.90. The van der Waals surface area contributed by atoms with Crippen LogP contribution in [0, 0.1) is 6.92 Å². The van der Waals surface area contributed by atoms with Crippen LogP contribution < -0.4 is 9.47 Å². The van der Waals surface area contributed by atoms with Crippen LogP contribution in [-0.2, 0) is 4.74 Å². The Balaban J connectivity index is 1.60. The van der Waals surface area contributed by atoms with Gasteiger partial charge in [-0.1, -0.05) is 24.3 Å². The minimum absolute atomic E-state index is 0.144. The maximum absolute atomic E-state index is 11.7. The molecule has 3 rings (SSSR count). The Kier molecular flexibility index (Phi) is 7.12. The smallest absolute Gasteiger partial charge is 0.337 e. The Morgan fingerprint density at radius 1 is 1.21 bits per heavy atom. The zero-order valence-electron chi connectivity index (χ0n) is 17.3. The molecule has 1 saturated heterocycles. The van der Waals surface area contributed by atoms with Crippen LogP contribution in [0.5, 0.6) is 11.5 Å². The number of hydrogen-bond acceptors (Lipinski definition) is 6. The Labute approximate surface area is 172 Å². The third kappa shape index (κ3) is 5.08. The molecule has 1 heterocycles. The van der Waals surface area contributed by atoms with Gasteiger partial charge in [-0.2, -0.15) is 0 Å². The van der Waals surface area contributed by atoms with Gasteiger partial charge >= 0.3 is 5.97 Å². The molecule has 2 aromatic carbocycles. The van der Waals surface area contributed by atoms with Crippen molar-refractivity contribution >= 4 is 5.97 Å². The van der Waals surface area contributed by atoms with Crippen molar-refractivity contribution in [3.8, 4) is 11.5 Å². The number of esters is 1. The molecule has 29 heavy (non-hydrogen) atoms. The molecule has 0 saturated carbocycles. The van der Waals surface area contributed by atoms with Gasteiger partial charge < -0.3 is 19.3 Å². The van der Waals surface area contributed by atoms with Crippen molar-refractivity contribution in [3.63, 3.8) is 0 Å². The van der Waals surface area contributed by atoms with E-state index in [0.29, 0.717) is 29.6 Å². The number of β-amino-alcohol motifs (C(OH)–C–C–N with tert-alkyl or cyclic N) is 1. The third-order valence-corrected chi connectivity index (χ3v) is 5.37. The SMILES string of the molecule is COC(=O)c1ccc(OCC(O)CN2CCCC2c2ccccc2C)c(OC)c1. The van der Waals surface area contributed by atoms with Crippen LogP contribution in [0.4, 0.5) is 0 Å². The number of aliphatic hydroxyl groups excluding tert-OH is 1. The molecule has 1 aliphatic rings. The van der Waals surface area contributed by atoms with Crippen LogP contribution >= 0.6 is 0 Å². The number of nitrogens with zero attached hydrogens (tertiary/aromatic N) is 1. The largest absolute Gasteiger partial charge is 0.493 e. The van der Waals surface area contributed by atoms with E-state index in [-0.39, 0.29) is 6.61 Å². The normalized spacial score (nSPS) is 17.7. The number of carbonyl (C=O) groups excluding carboxylic acids is 1. The van der Waals surface area contributed by atoms with Crippen molar-refractivity contribution in [1.29, 1.82) is 0 Å². The number of carbonyl (C=O) groups is 1. The molecule has 2 unspecified atom stereocenters. The van der Waals surface area contributed by atoms with Crippen LogP contribution in [-0.4, -0.2) is 56.0 Å². The summed E-state index contributed by atoms with van der Waals surface area (Å²) in [4.78, 5) is 14.0. The fourth-order valence-corrected chi connectivity index (χ4v) is 3.90. The molecule has 156 valence electrons. The number of aryl methyl sites for hydroxylation is 1. The predicted molar refractivity (Wildman–Crippen MR) is 111 cm³/mol. The molecule has 1 aliphatic heterocycles. The van der Waals surface area contributed by atoms with E-state index in [1.807, 2.05) is 0 Å². The number of benzene rings is 2. The minimum Gasteiger partial charge on any atom is -0.493 e. The average Bonchev–Trinajstić information content (AvgIpc) is 3.19. The topological polar surface area (TPSA) is 68.2 Å². The van der Waals surface area contributed by atoms with Gasteiger partial charge in [-0.3, -0.25) is 4.90 Å². The van der Waals surface area contributed by atoms with Crippen molar-refractivity contribution < 1.29 is 24.1 Å². The van der Waals surface area contributed by atoms with E-state index >= 15 is 0 Å². The van der Waals surface area contributed by atoms with Crippen molar-refractivity contribution in [2.45, 2.75) is 31.9 Å². The summed E-state index contributed by atoms with van der Waals surface area (Å²) in [7, 11) is 2.84. The Morgan fingerprint density at radius 3 is 2.72 bits per heavy atom. The van der Waals surface area contributed by atoms with E-state index < -0.39 is 12.1 Å². The molecule has 0 spiro atoms. The first-order valence-corrected chi connectivity index (χ1v) is 9.90. The third-order valence-electron chi connectivity index (χ3n) is 5.37. The van der Waals surface area contributed by atoms with E-state index in [0.717, 1.165) is 19.4 Å². The zero-order valence-corrected chi connectivity index (χ0v) is 17.3. The highest BCUT2D eigenvalue weighted by atomic mass is 16.5. The molecule has 0 aliphatic carbocycles. The Bertz CT molecular complexity index is 838. The quantitative estimate of drug-likeness (QED) is 0.687. The van der Waals surface area contributed by atoms with Gasteiger partial charge in [0, 0.05) is 12.6 Å². The average molecular weight is 399 g/mol. The molecule has 0 amide bonds. The molecule has 0 radical (unpaired) electrons. The summed E-state index contributed by atoms with van der Waals surface area (Å²) in [5, 5.41) is 10.6. The summed E-state index contributed by atoms with van der Waals surface area (Å²) in [5.74, 6) is 0.473. The van der Waals surface area contributed by atoms with Crippen LogP contribution in [0.1, 0.15) is 40.4 Å². The fourth-order valence-electron chi connectivity index (χ4n) is 3.90. The number of aliphatic hydroxyl groups is 1. The van der Waals surface area contributed by atoms with Gasteiger partial charge in [0.15, 0.2) is 11.5 Å². The second kappa shape index (κ2) is 9.76. The van der Waals surface area contributed by atoms with E-state index in [1.165, 1.54) is 25.3 Å². The predicted octanol–water partition coefficient (Wildman–Crippen LogP) is 3.37. The molecule has 0 bridgehead atoms. The van der Waals surface area contributed by atoms with Gasteiger partial charge in [-0.05, 0) is 55.6 Å². The van der Waals surface area contributed by atoms with E-state index in [2.05, 4.69) is 36.1 Å². The van der Waals surface area contributed by atoms with Crippen LogP contribution in [0.2, 0.25) is 0 Å². The fraction of sp³-hybridized carbons (Fsp3) is 0.435. The van der Waals surface area contributed by atoms with Gasteiger partial charge in [0.2, 0.25) is 0 Å². The second-order valence-electron chi connectivity index (χ2n) is 7.33.